The van der Waals surface area contributed by atoms with E-state index in [9.17, 15) is 0 Å². The predicted octanol–water partition coefficient (Wildman–Crippen LogP) is 1.90. The van der Waals surface area contributed by atoms with E-state index in [0.717, 1.165) is 37.5 Å². The largest absolute Gasteiger partial charge is 0.383 e. The number of nitrogens with zero attached hydrogens (tertiary/aromatic N) is 2. The zero-order chi connectivity index (χ0) is 13.8. The van der Waals surface area contributed by atoms with E-state index < -0.39 is 0 Å². The van der Waals surface area contributed by atoms with Gasteiger partial charge in [0.05, 0.1) is 6.61 Å². The van der Waals surface area contributed by atoms with Crippen molar-refractivity contribution in [1.29, 1.82) is 0 Å². The molecule has 1 unspecified atom stereocenters. The van der Waals surface area contributed by atoms with Crippen molar-refractivity contribution in [3.05, 3.63) is 59.2 Å². The van der Waals surface area contributed by atoms with Gasteiger partial charge in [0.1, 0.15) is 5.82 Å². The number of nitrogens with one attached hydrogen (secondary N) is 1. The van der Waals surface area contributed by atoms with Gasteiger partial charge in [0.25, 0.3) is 0 Å². The van der Waals surface area contributed by atoms with Gasteiger partial charge >= 0.3 is 0 Å². The van der Waals surface area contributed by atoms with Gasteiger partial charge in [-0.3, -0.25) is 0 Å². The van der Waals surface area contributed by atoms with Crippen LogP contribution in [0.2, 0.25) is 0 Å². The molecule has 0 spiro atoms. The molecule has 0 radical (unpaired) electrons. The number of fused-ring (bicyclic) bond motifs is 1. The quantitative estimate of drug-likeness (QED) is 0.814. The van der Waals surface area contributed by atoms with Gasteiger partial charge in [0.2, 0.25) is 0 Å². The van der Waals surface area contributed by atoms with Gasteiger partial charge in [0, 0.05) is 44.1 Å². The first-order chi connectivity index (χ1) is 9.88. The SMILES string of the molecule is COCCNCc1cnc(C2Cc3ccccc32)nc1. The van der Waals surface area contributed by atoms with Gasteiger partial charge < -0.3 is 10.1 Å². The maximum Gasteiger partial charge on any atom is 0.136 e. The van der Waals surface area contributed by atoms with Crippen LogP contribution >= 0.6 is 0 Å². The second kappa shape index (κ2) is 6.11. The van der Waals surface area contributed by atoms with E-state index in [0.29, 0.717) is 5.92 Å². The molecule has 104 valence electrons. The first kappa shape index (κ1) is 13.2. The Hall–Kier alpha value is -1.78. The number of hydrogen-bond acceptors (Lipinski definition) is 4. The lowest BCUT2D eigenvalue weighted by molar-refractivity contribution is 0.199. The zero-order valence-electron chi connectivity index (χ0n) is 11.7. The highest BCUT2D eigenvalue weighted by Crippen LogP contribution is 2.37. The standard InChI is InChI=1S/C16H19N3O/c1-20-7-6-17-9-12-10-18-16(19-11-12)15-8-13-4-2-3-5-14(13)15/h2-5,10-11,15,17H,6-9H2,1H3. The molecule has 1 atom stereocenters. The molecule has 4 nitrogen and oxygen atoms in total. The molecule has 2 aromatic rings. The average Bonchev–Trinajstić information content (AvgIpc) is 2.46. The van der Waals surface area contributed by atoms with Crippen LogP contribution in [0.5, 0.6) is 0 Å². The van der Waals surface area contributed by atoms with Crippen molar-refractivity contribution in [2.45, 2.75) is 18.9 Å². The van der Waals surface area contributed by atoms with Crippen LogP contribution in [-0.2, 0) is 17.7 Å². The third-order valence-electron chi connectivity index (χ3n) is 3.70. The summed E-state index contributed by atoms with van der Waals surface area (Å²) in [7, 11) is 1.70. The molecule has 0 bridgehead atoms. The highest BCUT2D eigenvalue weighted by molar-refractivity contribution is 5.43. The Morgan fingerprint density at radius 3 is 2.80 bits per heavy atom. The van der Waals surface area contributed by atoms with Gasteiger partial charge in [-0.25, -0.2) is 9.97 Å². The lowest BCUT2D eigenvalue weighted by Gasteiger charge is -2.28. The maximum atomic E-state index is 4.99. The van der Waals surface area contributed by atoms with Gasteiger partial charge in [-0.15, -0.1) is 0 Å². The monoisotopic (exact) mass is 269 g/mol. The minimum atomic E-state index is 0.377. The minimum absolute atomic E-state index is 0.377. The minimum Gasteiger partial charge on any atom is -0.383 e. The fourth-order valence-electron chi connectivity index (χ4n) is 2.53. The molecule has 0 aliphatic heterocycles. The molecule has 0 saturated carbocycles. The summed E-state index contributed by atoms with van der Waals surface area (Å²) in [4.78, 5) is 9.03. The molecule has 20 heavy (non-hydrogen) atoms. The van der Waals surface area contributed by atoms with E-state index in [1.807, 2.05) is 12.4 Å². The van der Waals surface area contributed by atoms with E-state index in [1.54, 1.807) is 7.11 Å². The van der Waals surface area contributed by atoms with Crippen molar-refractivity contribution in [2.75, 3.05) is 20.3 Å². The Morgan fingerprint density at radius 2 is 2.05 bits per heavy atom. The Labute approximate surface area is 119 Å². The van der Waals surface area contributed by atoms with E-state index in [4.69, 9.17) is 4.74 Å². The Kier molecular flexibility index (Phi) is 4.04. The number of ether oxygens (including phenoxy) is 1. The van der Waals surface area contributed by atoms with E-state index in [-0.39, 0.29) is 0 Å². The highest BCUT2D eigenvalue weighted by Gasteiger charge is 2.28. The molecule has 1 aromatic carbocycles. The number of benzene rings is 1. The molecular weight excluding hydrogens is 250 g/mol. The van der Waals surface area contributed by atoms with Crippen LogP contribution in [0.1, 0.15) is 28.4 Å². The van der Waals surface area contributed by atoms with Crippen LogP contribution in [0.3, 0.4) is 0 Å². The Bertz CT molecular complexity index is 568. The maximum absolute atomic E-state index is 4.99. The van der Waals surface area contributed by atoms with Crippen molar-refractivity contribution in [3.8, 4) is 0 Å². The molecule has 1 aliphatic carbocycles. The highest BCUT2D eigenvalue weighted by atomic mass is 16.5. The first-order valence-electron chi connectivity index (χ1n) is 6.97. The van der Waals surface area contributed by atoms with Crippen molar-refractivity contribution < 1.29 is 4.74 Å². The molecule has 0 saturated heterocycles. The summed E-state index contributed by atoms with van der Waals surface area (Å²) in [5.41, 5.74) is 3.90. The molecule has 0 fully saturated rings. The number of rotatable bonds is 6. The number of methoxy groups -OCH3 is 1. The normalized spacial score (nSPS) is 16.6. The van der Waals surface area contributed by atoms with E-state index in [1.165, 1.54) is 11.1 Å². The third kappa shape index (κ3) is 2.71. The van der Waals surface area contributed by atoms with Gasteiger partial charge in [-0.05, 0) is 17.5 Å². The van der Waals surface area contributed by atoms with Crippen LogP contribution in [0.4, 0.5) is 0 Å². The van der Waals surface area contributed by atoms with Gasteiger partial charge in [0.15, 0.2) is 0 Å². The molecule has 3 rings (SSSR count). The summed E-state index contributed by atoms with van der Waals surface area (Å²) in [5, 5.41) is 3.29. The summed E-state index contributed by atoms with van der Waals surface area (Å²) >= 11 is 0. The van der Waals surface area contributed by atoms with E-state index >= 15 is 0 Å². The van der Waals surface area contributed by atoms with Crippen LogP contribution in [0, 0.1) is 0 Å². The number of hydrogen-bond donors (Lipinski definition) is 1. The van der Waals surface area contributed by atoms with Crippen molar-refractivity contribution in [2.24, 2.45) is 0 Å². The zero-order valence-corrected chi connectivity index (χ0v) is 11.7. The molecule has 1 heterocycles. The fraction of sp³-hybridized carbons (Fsp3) is 0.375. The van der Waals surface area contributed by atoms with E-state index in [2.05, 4.69) is 39.6 Å². The third-order valence-corrected chi connectivity index (χ3v) is 3.70. The van der Waals surface area contributed by atoms with Crippen LogP contribution in [-0.4, -0.2) is 30.2 Å². The smallest absolute Gasteiger partial charge is 0.136 e. The first-order valence-corrected chi connectivity index (χ1v) is 6.97. The Morgan fingerprint density at radius 1 is 1.25 bits per heavy atom. The van der Waals surface area contributed by atoms with Gasteiger partial charge in [-0.1, -0.05) is 24.3 Å². The van der Waals surface area contributed by atoms with Crippen molar-refractivity contribution in [3.63, 3.8) is 0 Å². The Balaban J connectivity index is 1.60. The second-order valence-corrected chi connectivity index (χ2v) is 5.07. The number of aromatic nitrogens is 2. The van der Waals surface area contributed by atoms with Crippen molar-refractivity contribution in [1.82, 2.24) is 15.3 Å². The molecule has 4 heteroatoms. The van der Waals surface area contributed by atoms with Crippen LogP contribution < -0.4 is 5.32 Å². The second-order valence-electron chi connectivity index (χ2n) is 5.07. The lowest BCUT2D eigenvalue weighted by atomic mass is 9.77. The fourth-order valence-corrected chi connectivity index (χ4v) is 2.53. The summed E-state index contributed by atoms with van der Waals surface area (Å²) in [6.07, 6.45) is 4.90. The molecule has 1 N–H and O–H groups in total. The topological polar surface area (TPSA) is 47.0 Å². The summed E-state index contributed by atoms with van der Waals surface area (Å²) < 4.78 is 4.99. The summed E-state index contributed by atoms with van der Waals surface area (Å²) in [6, 6.07) is 8.52. The summed E-state index contributed by atoms with van der Waals surface area (Å²) in [5.74, 6) is 1.31. The molecular formula is C16H19N3O. The van der Waals surface area contributed by atoms with Crippen molar-refractivity contribution >= 4 is 0 Å². The average molecular weight is 269 g/mol. The predicted molar refractivity (Wildman–Crippen MR) is 77.6 cm³/mol. The molecule has 1 aliphatic rings. The van der Waals surface area contributed by atoms with Crippen LogP contribution in [0.15, 0.2) is 36.7 Å². The summed E-state index contributed by atoms with van der Waals surface area (Å²) in [6.45, 7) is 2.34. The molecule has 1 aromatic heterocycles. The lowest BCUT2D eigenvalue weighted by Crippen LogP contribution is -2.21. The molecule has 0 amide bonds. The van der Waals surface area contributed by atoms with Crippen LogP contribution in [0.25, 0.3) is 0 Å². The van der Waals surface area contributed by atoms with Gasteiger partial charge in [-0.2, -0.15) is 0 Å².